The third kappa shape index (κ3) is 2.46. The van der Waals surface area contributed by atoms with Gasteiger partial charge in [0, 0.05) is 20.9 Å². The van der Waals surface area contributed by atoms with E-state index >= 15 is 0 Å². The van der Waals surface area contributed by atoms with E-state index in [4.69, 9.17) is 0 Å². The van der Waals surface area contributed by atoms with Crippen LogP contribution < -0.4 is 0 Å². The van der Waals surface area contributed by atoms with Crippen LogP contribution in [0.3, 0.4) is 0 Å². The Balaban J connectivity index is 1.88. The topological polar surface area (TPSA) is 20.2 Å². The lowest BCUT2D eigenvalue weighted by Gasteiger charge is -2.07. The highest BCUT2D eigenvalue weighted by atomic mass is 32.1. The predicted molar refractivity (Wildman–Crippen MR) is 84.3 cm³/mol. The van der Waals surface area contributed by atoms with Gasteiger partial charge in [0.05, 0.1) is 6.10 Å². The van der Waals surface area contributed by atoms with Crippen molar-refractivity contribution in [2.75, 3.05) is 0 Å². The standard InChI is InChI=1S/C16H16OS2/c1-10-7-16(19-11(10)2)14(17)8-12-9-18-15-6-4-3-5-13(12)15/h3-7,9,14,17H,8H2,1-2H3. The van der Waals surface area contributed by atoms with Crippen molar-refractivity contribution in [2.45, 2.75) is 26.4 Å². The summed E-state index contributed by atoms with van der Waals surface area (Å²) in [6, 6.07) is 10.5. The van der Waals surface area contributed by atoms with Crippen LogP contribution in [0.4, 0.5) is 0 Å². The molecule has 3 aromatic rings. The molecule has 0 spiro atoms. The summed E-state index contributed by atoms with van der Waals surface area (Å²) in [5.41, 5.74) is 2.52. The molecule has 0 aliphatic carbocycles. The van der Waals surface area contributed by atoms with Crippen LogP contribution in [0, 0.1) is 13.8 Å². The SMILES string of the molecule is Cc1cc(C(O)Cc2csc3ccccc23)sc1C. The molecule has 2 heterocycles. The summed E-state index contributed by atoms with van der Waals surface area (Å²) in [6.07, 6.45) is 0.305. The first-order valence-electron chi connectivity index (χ1n) is 6.35. The van der Waals surface area contributed by atoms with E-state index < -0.39 is 6.10 Å². The van der Waals surface area contributed by atoms with Crippen molar-refractivity contribution in [1.82, 2.24) is 0 Å². The van der Waals surface area contributed by atoms with E-state index in [1.807, 2.05) is 0 Å². The molecule has 1 N–H and O–H groups in total. The first kappa shape index (κ1) is 12.9. The van der Waals surface area contributed by atoms with Gasteiger partial charge in [-0.3, -0.25) is 0 Å². The lowest BCUT2D eigenvalue weighted by atomic mass is 10.1. The van der Waals surface area contributed by atoms with Crippen LogP contribution in [0.5, 0.6) is 0 Å². The van der Waals surface area contributed by atoms with Gasteiger partial charge in [0.15, 0.2) is 0 Å². The number of rotatable bonds is 3. The molecule has 0 radical (unpaired) electrons. The van der Waals surface area contributed by atoms with Gasteiger partial charge in [-0.05, 0) is 47.9 Å². The molecule has 0 fully saturated rings. The van der Waals surface area contributed by atoms with E-state index in [0.29, 0.717) is 6.42 Å². The monoisotopic (exact) mass is 288 g/mol. The summed E-state index contributed by atoms with van der Waals surface area (Å²) in [5, 5.41) is 13.8. The van der Waals surface area contributed by atoms with Crippen molar-refractivity contribution in [3.8, 4) is 0 Å². The van der Waals surface area contributed by atoms with Crippen molar-refractivity contribution >= 4 is 32.8 Å². The van der Waals surface area contributed by atoms with E-state index in [0.717, 1.165) is 4.88 Å². The van der Waals surface area contributed by atoms with E-state index in [1.165, 1.54) is 26.1 Å². The van der Waals surface area contributed by atoms with E-state index in [2.05, 4.69) is 49.6 Å². The molecule has 0 saturated carbocycles. The predicted octanol–water partition coefficient (Wildman–Crippen LogP) is 4.86. The van der Waals surface area contributed by atoms with E-state index in [9.17, 15) is 5.11 Å². The lowest BCUT2D eigenvalue weighted by molar-refractivity contribution is 0.183. The summed E-state index contributed by atoms with van der Waals surface area (Å²) in [6.45, 7) is 4.21. The molecule has 0 bridgehead atoms. The highest BCUT2D eigenvalue weighted by molar-refractivity contribution is 7.17. The molecule has 98 valence electrons. The van der Waals surface area contributed by atoms with Crippen molar-refractivity contribution in [2.24, 2.45) is 0 Å². The zero-order chi connectivity index (χ0) is 13.4. The van der Waals surface area contributed by atoms with Crippen molar-refractivity contribution in [1.29, 1.82) is 0 Å². The summed E-state index contributed by atoms with van der Waals surface area (Å²) in [7, 11) is 0. The molecule has 3 heteroatoms. The fourth-order valence-corrected chi connectivity index (χ4v) is 4.27. The Morgan fingerprint density at radius 2 is 2.00 bits per heavy atom. The Hall–Kier alpha value is -1.16. The van der Waals surface area contributed by atoms with Crippen LogP contribution in [-0.2, 0) is 6.42 Å². The van der Waals surface area contributed by atoms with Gasteiger partial charge in [-0.1, -0.05) is 18.2 Å². The summed E-state index contributed by atoms with van der Waals surface area (Å²) in [5.74, 6) is 0. The number of hydrogen-bond acceptors (Lipinski definition) is 3. The molecule has 2 aromatic heterocycles. The molecule has 0 aliphatic heterocycles. The molecule has 0 aliphatic rings. The first-order valence-corrected chi connectivity index (χ1v) is 8.05. The average molecular weight is 288 g/mol. The number of hydrogen-bond donors (Lipinski definition) is 1. The van der Waals surface area contributed by atoms with Crippen LogP contribution in [-0.4, -0.2) is 5.11 Å². The second kappa shape index (κ2) is 5.08. The maximum Gasteiger partial charge on any atom is 0.0922 e. The van der Waals surface area contributed by atoms with Gasteiger partial charge >= 0.3 is 0 Å². The molecule has 1 aromatic carbocycles. The van der Waals surface area contributed by atoms with Crippen molar-refractivity contribution in [3.05, 3.63) is 56.6 Å². The zero-order valence-electron chi connectivity index (χ0n) is 11.0. The number of aliphatic hydroxyl groups is 1. The largest absolute Gasteiger partial charge is 0.387 e. The van der Waals surface area contributed by atoms with Gasteiger partial charge in [0.1, 0.15) is 0 Å². The third-order valence-corrected chi connectivity index (χ3v) is 5.75. The third-order valence-electron chi connectivity index (χ3n) is 3.49. The van der Waals surface area contributed by atoms with Gasteiger partial charge < -0.3 is 5.11 Å². The molecule has 3 rings (SSSR count). The fourth-order valence-electron chi connectivity index (χ4n) is 2.27. The Morgan fingerprint density at radius 3 is 2.74 bits per heavy atom. The molecule has 1 nitrogen and oxygen atoms in total. The van der Waals surface area contributed by atoms with Gasteiger partial charge in [-0.25, -0.2) is 0 Å². The van der Waals surface area contributed by atoms with Gasteiger partial charge in [-0.15, -0.1) is 22.7 Å². The normalized spacial score (nSPS) is 13.0. The summed E-state index contributed by atoms with van der Waals surface area (Å²) in [4.78, 5) is 2.37. The minimum atomic E-state index is -0.393. The lowest BCUT2D eigenvalue weighted by Crippen LogP contribution is -1.98. The van der Waals surface area contributed by atoms with Crippen LogP contribution >= 0.6 is 22.7 Å². The summed E-state index contributed by atoms with van der Waals surface area (Å²) >= 11 is 3.45. The molecule has 0 amide bonds. The molecular formula is C16H16OS2. The smallest absolute Gasteiger partial charge is 0.0922 e. The number of aryl methyl sites for hydroxylation is 2. The highest BCUT2D eigenvalue weighted by Crippen LogP contribution is 2.32. The van der Waals surface area contributed by atoms with Gasteiger partial charge in [0.2, 0.25) is 0 Å². The second-order valence-electron chi connectivity index (χ2n) is 4.86. The molecule has 1 unspecified atom stereocenters. The Labute approximate surface area is 121 Å². The van der Waals surface area contributed by atoms with Crippen LogP contribution in [0.2, 0.25) is 0 Å². The minimum absolute atomic E-state index is 0.393. The molecular weight excluding hydrogens is 272 g/mol. The van der Waals surface area contributed by atoms with Crippen LogP contribution in [0.25, 0.3) is 10.1 Å². The van der Waals surface area contributed by atoms with E-state index in [-0.39, 0.29) is 0 Å². The number of thiophene rings is 2. The zero-order valence-corrected chi connectivity index (χ0v) is 12.6. The Bertz CT molecular complexity index is 689. The Morgan fingerprint density at radius 1 is 1.21 bits per heavy atom. The van der Waals surface area contributed by atoms with Crippen molar-refractivity contribution < 1.29 is 5.11 Å². The van der Waals surface area contributed by atoms with Crippen molar-refractivity contribution in [3.63, 3.8) is 0 Å². The Kier molecular flexibility index (Phi) is 3.44. The second-order valence-corrected chi connectivity index (χ2v) is 7.06. The highest BCUT2D eigenvalue weighted by Gasteiger charge is 2.14. The number of fused-ring (bicyclic) bond motifs is 1. The maximum atomic E-state index is 10.4. The quantitative estimate of drug-likeness (QED) is 0.730. The first-order chi connectivity index (χ1) is 9.15. The van der Waals surface area contributed by atoms with Gasteiger partial charge in [0.25, 0.3) is 0 Å². The average Bonchev–Trinajstić information content (AvgIpc) is 2.95. The van der Waals surface area contributed by atoms with Crippen LogP contribution in [0.15, 0.2) is 35.7 Å². The van der Waals surface area contributed by atoms with E-state index in [1.54, 1.807) is 22.7 Å². The van der Waals surface area contributed by atoms with Crippen LogP contribution in [0.1, 0.15) is 27.0 Å². The minimum Gasteiger partial charge on any atom is -0.387 e. The summed E-state index contributed by atoms with van der Waals surface area (Å²) < 4.78 is 1.29. The molecule has 19 heavy (non-hydrogen) atoms. The number of aliphatic hydroxyl groups excluding tert-OH is 1. The maximum absolute atomic E-state index is 10.4. The van der Waals surface area contributed by atoms with Gasteiger partial charge in [-0.2, -0.15) is 0 Å². The molecule has 1 atom stereocenters. The fraction of sp³-hybridized carbons (Fsp3) is 0.250. The number of benzene rings is 1. The molecule has 0 saturated heterocycles.